The van der Waals surface area contributed by atoms with Crippen molar-refractivity contribution in [2.24, 2.45) is 0 Å². The van der Waals surface area contributed by atoms with Crippen LogP contribution in [-0.4, -0.2) is 23.3 Å². The third-order valence-corrected chi connectivity index (χ3v) is 2.32. The standard InChI is InChI=1S/C8H6BrFO4/c1-14-7-4(10)2-3(8(12)13)6(11)5(7)9/h2,11H,1H3,(H,12,13). The second-order valence-corrected chi connectivity index (χ2v) is 3.20. The molecule has 0 aliphatic carbocycles. The second kappa shape index (κ2) is 3.83. The average molecular weight is 265 g/mol. The van der Waals surface area contributed by atoms with Crippen LogP contribution in [0.1, 0.15) is 10.4 Å². The Morgan fingerprint density at radius 3 is 2.64 bits per heavy atom. The number of aromatic carboxylic acids is 1. The van der Waals surface area contributed by atoms with E-state index in [4.69, 9.17) is 5.11 Å². The van der Waals surface area contributed by atoms with Crippen molar-refractivity contribution in [3.05, 3.63) is 21.9 Å². The normalized spacial score (nSPS) is 9.93. The van der Waals surface area contributed by atoms with Gasteiger partial charge >= 0.3 is 5.97 Å². The van der Waals surface area contributed by atoms with Crippen molar-refractivity contribution in [2.45, 2.75) is 0 Å². The third kappa shape index (κ3) is 1.65. The highest BCUT2D eigenvalue weighted by Crippen LogP contribution is 2.38. The van der Waals surface area contributed by atoms with E-state index in [2.05, 4.69) is 20.7 Å². The van der Waals surface area contributed by atoms with Crippen LogP contribution in [0, 0.1) is 5.82 Å². The summed E-state index contributed by atoms with van der Waals surface area (Å²) in [6.07, 6.45) is 0. The molecule has 0 atom stereocenters. The maximum Gasteiger partial charge on any atom is 0.339 e. The molecule has 4 nitrogen and oxygen atoms in total. The molecule has 0 unspecified atom stereocenters. The molecule has 0 aromatic heterocycles. The van der Waals surface area contributed by atoms with Gasteiger partial charge < -0.3 is 14.9 Å². The van der Waals surface area contributed by atoms with Crippen LogP contribution in [0.5, 0.6) is 11.5 Å². The molecule has 0 aliphatic heterocycles. The summed E-state index contributed by atoms with van der Waals surface area (Å²) in [5.41, 5.74) is -0.518. The predicted octanol–water partition coefficient (Wildman–Crippen LogP) is 2.00. The summed E-state index contributed by atoms with van der Waals surface area (Å²) < 4.78 is 17.6. The highest BCUT2D eigenvalue weighted by atomic mass is 79.9. The van der Waals surface area contributed by atoms with Crippen molar-refractivity contribution in [3.63, 3.8) is 0 Å². The average Bonchev–Trinajstić information content (AvgIpc) is 2.12. The number of benzene rings is 1. The number of carboxylic acid groups (broad SMARTS) is 1. The van der Waals surface area contributed by atoms with E-state index in [1.54, 1.807) is 0 Å². The van der Waals surface area contributed by atoms with Gasteiger partial charge in [0, 0.05) is 0 Å². The third-order valence-electron chi connectivity index (χ3n) is 1.58. The van der Waals surface area contributed by atoms with Crippen LogP contribution in [0.3, 0.4) is 0 Å². The summed E-state index contributed by atoms with van der Waals surface area (Å²) in [4.78, 5) is 10.5. The molecule has 14 heavy (non-hydrogen) atoms. The molecule has 0 heterocycles. The minimum atomic E-state index is -1.41. The summed E-state index contributed by atoms with van der Waals surface area (Å²) in [5, 5.41) is 17.9. The zero-order chi connectivity index (χ0) is 10.9. The number of hydrogen-bond donors (Lipinski definition) is 2. The van der Waals surface area contributed by atoms with Crippen LogP contribution in [0.25, 0.3) is 0 Å². The maximum absolute atomic E-state index is 13.1. The van der Waals surface area contributed by atoms with Crippen LogP contribution >= 0.6 is 15.9 Å². The van der Waals surface area contributed by atoms with E-state index in [0.717, 1.165) is 0 Å². The molecule has 2 N–H and O–H groups in total. The first kappa shape index (κ1) is 10.8. The number of hydrogen-bond acceptors (Lipinski definition) is 3. The Bertz CT molecular complexity index is 391. The van der Waals surface area contributed by atoms with Gasteiger partial charge in [-0.1, -0.05) is 0 Å². The van der Waals surface area contributed by atoms with Crippen LogP contribution in [0.4, 0.5) is 4.39 Å². The van der Waals surface area contributed by atoms with Crippen molar-refractivity contribution in [1.82, 2.24) is 0 Å². The molecule has 76 valence electrons. The summed E-state index contributed by atoms with van der Waals surface area (Å²) in [6, 6.07) is 0.696. The van der Waals surface area contributed by atoms with Gasteiger partial charge in [0.25, 0.3) is 0 Å². The van der Waals surface area contributed by atoms with Crippen molar-refractivity contribution < 1.29 is 24.1 Å². The number of carboxylic acids is 1. The number of phenols is 1. The molecule has 0 amide bonds. The van der Waals surface area contributed by atoms with Crippen molar-refractivity contribution in [1.29, 1.82) is 0 Å². The van der Waals surface area contributed by atoms with Gasteiger partial charge in [-0.25, -0.2) is 9.18 Å². The molecule has 0 spiro atoms. The smallest absolute Gasteiger partial charge is 0.339 e. The fourth-order valence-corrected chi connectivity index (χ4v) is 1.51. The lowest BCUT2D eigenvalue weighted by Gasteiger charge is -2.08. The van der Waals surface area contributed by atoms with Crippen LogP contribution in [0.15, 0.2) is 10.5 Å². The van der Waals surface area contributed by atoms with Gasteiger partial charge in [-0.05, 0) is 22.0 Å². The first-order chi connectivity index (χ1) is 6.49. The highest BCUT2D eigenvalue weighted by molar-refractivity contribution is 9.10. The van der Waals surface area contributed by atoms with Gasteiger partial charge in [0.15, 0.2) is 11.6 Å². The Morgan fingerprint density at radius 2 is 2.21 bits per heavy atom. The molecule has 0 aliphatic rings. The number of carbonyl (C=O) groups is 1. The molecule has 0 fully saturated rings. The zero-order valence-electron chi connectivity index (χ0n) is 7.04. The van der Waals surface area contributed by atoms with Gasteiger partial charge in [-0.2, -0.15) is 0 Å². The number of aromatic hydroxyl groups is 1. The number of methoxy groups -OCH3 is 1. The lowest BCUT2D eigenvalue weighted by Crippen LogP contribution is -2.00. The van der Waals surface area contributed by atoms with E-state index in [-0.39, 0.29) is 10.2 Å². The predicted molar refractivity (Wildman–Crippen MR) is 49.3 cm³/mol. The monoisotopic (exact) mass is 264 g/mol. The maximum atomic E-state index is 13.1. The molecule has 1 aromatic rings. The minimum absolute atomic E-state index is 0.114. The Kier molecular flexibility index (Phi) is 2.95. The molecule has 0 saturated heterocycles. The summed E-state index contributed by atoms with van der Waals surface area (Å²) >= 11 is 2.83. The highest BCUT2D eigenvalue weighted by Gasteiger charge is 2.20. The summed E-state index contributed by atoms with van der Waals surface area (Å²) in [7, 11) is 1.21. The lowest BCUT2D eigenvalue weighted by molar-refractivity contribution is 0.0693. The first-order valence-corrected chi connectivity index (χ1v) is 4.26. The van der Waals surface area contributed by atoms with Gasteiger partial charge in [-0.3, -0.25) is 0 Å². The van der Waals surface area contributed by atoms with Crippen molar-refractivity contribution >= 4 is 21.9 Å². The SMILES string of the molecule is COc1c(F)cc(C(=O)O)c(O)c1Br. The number of ether oxygens (including phenoxy) is 1. The van der Waals surface area contributed by atoms with E-state index < -0.39 is 23.1 Å². The van der Waals surface area contributed by atoms with Gasteiger partial charge in [0.1, 0.15) is 15.8 Å². The quantitative estimate of drug-likeness (QED) is 0.858. The number of halogens is 2. The Morgan fingerprint density at radius 1 is 1.64 bits per heavy atom. The van der Waals surface area contributed by atoms with E-state index in [1.807, 2.05) is 0 Å². The fraction of sp³-hybridized carbons (Fsp3) is 0.125. The Hall–Kier alpha value is -1.30. The molecular weight excluding hydrogens is 259 g/mol. The lowest BCUT2D eigenvalue weighted by atomic mass is 10.2. The Balaban J connectivity index is 3.47. The minimum Gasteiger partial charge on any atom is -0.506 e. The largest absolute Gasteiger partial charge is 0.506 e. The summed E-state index contributed by atoms with van der Waals surface area (Å²) in [5.74, 6) is -3.05. The first-order valence-electron chi connectivity index (χ1n) is 3.47. The van der Waals surface area contributed by atoms with Crippen LogP contribution in [-0.2, 0) is 0 Å². The molecule has 0 radical (unpaired) electrons. The molecule has 0 saturated carbocycles. The van der Waals surface area contributed by atoms with E-state index >= 15 is 0 Å². The molecule has 1 aromatic carbocycles. The van der Waals surface area contributed by atoms with Gasteiger partial charge in [0.2, 0.25) is 0 Å². The fourth-order valence-electron chi connectivity index (χ4n) is 0.941. The van der Waals surface area contributed by atoms with Crippen molar-refractivity contribution in [3.8, 4) is 11.5 Å². The Labute approximate surface area is 87.1 Å². The summed E-state index contributed by atoms with van der Waals surface area (Å²) in [6.45, 7) is 0. The molecular formula is C8H6BrFO4. The zero-order valence-corrected chi connectivity index (χ0v) is 8.63. The molecule has 1 rings (SSSR count). The van der Waals surface area contributed by atoms with Gasteiger partial charge in [0.05, 0.1) is 7.11 Å². The van der Waals surface area contributed by atoms with E-state index in [0.29, 0.717) is 6.07 Å². The van der Waals surface area contributed by atoms with Crippen LogP contribution < -0.4 is 4.74 Å². The second-order valence-electron chi connectivity index (χ2n) is 2.41. The van der Waals surface area contributed by atoms with Crippen molar-refractivity contribution in [2.75, 3.05) is 7.11 Å². The topological polar surface area (TPSA) is 66.8 Å². The molecule has 6 heteroatoms. The van der Waals surface area contributed by atoms with E-state index in [9.17, 15) is 14.3 Å². The van der Waals surface area contributed by atoms with Gasteiger partial charge in [-0.15, -0.1) is 0 Å². The number of rotatable bonds is 2. The molecule has 0 bridgehead atoms. The van der Waals surface area contributed by atoms with E-state index in [1.165, 1.54) is 7.11 Å². The van der Waals surface area contributed by atoms with Crippen LogP contribution in [0.2, 0.25) is 0 Å².